The van der Waals surface area contributed by atoms with Crippen molar-refractivity contribution in [2.24, 2.45) is 57.2 Å². The van der Waals surface area contributed by atoms with E-state index in [1.807, 2.05) is 0 Å². The molecule has 1 aliphatic heterocycles. The number of phosphoric acid groups is 3. The van der Waals surface area contributed by atoms with E-state index in [2.05, 4.69) is 62.1 Å². The molecule has 3 unspecified atom stereocenters. The van der Waals surface area contributed by atoms with Crippen molar-refractivity contribution < 1.29 is 95.5 Å². The molecular formula is C49H80N7O20P3S. The third-order valence-corrected chi connectivity index (χ3v) is 22.7. The number of nitrogen functional groups attached to an aromatic ring is 1. The Labute approximate surface area is 468 Å². The fourth-order valence-electron chi connectivity index (χ4n) is 13.9. The molecule has 5 aliphatic rings. The molecule has 18 atom stereocenters. The lowest BCUT2D eigenvalue weighted by molar-refractivity contribution is -0.210. The van der Waals surface area contributed by atoms with Gasteiger partial charge in [-0.2, -0.15) is 4.31 Å². The Morgan fingerprint density at radius 2 is 1.61 bits per heavy atom. The molecule has 0 bridgehead atoms. The SMILES string of the molecule is CC(C(=O)CC[C@@H](C)[C@H]1CC[C@H]2[C@@H]3[C@H](O)C[C@]4(C)C[C@H](O)CC[C@]4(C)[C@H]3CC[C@]12C)C(=O)SCCNC(=O)CCNC(=O)[C@H](O)C(C)(C)COP(=O)(O)OP(=O)(O)OC[C@H]1O[C@@H](n2cnc3c(N)ncnc32)[C@H](O)[C@@H]1OP(=O)(O)O. The molecule has 1 saturated heterocycles. The van der Waals surface area contributed by atoms with Crippen molar-refractivity contribution in [3.63, 3.8) is 0 Å². The van der Waals surface area contributed by atoms with Crippen LogP contribution in [0.3, 0.4) is 0 Å². The van der Waals surface area contributed by atoms with Crippen LogP contribution >= 0.6 is 35.2 Å². The van der Waals surface area contributed by atoms with Gasteiger partial charge in [-0.05, 0) is 111 Å². The Bertz CT molecular complexity index is 2740. The van der Waals surface area contributed by atoms with Gasteiger partial charge in [-0.3, -0.25) is 37.3 Å². The Morgan fingerprint density at radius 1 is 0.912 bits per heavy atom. The largest absolute Gasteiger partial charge is 0.481 e. The number of amides is 2. The maximum atomic E-state index is 13.3. The van der Waals surface area contributed by atoms with Gasteiger partial charge >= 0.3 is 23.5 Å². The Kier molecular flexibility index (Phi) is 20.2. The predicted octanol–water partition coefficient (Wildman–Crippen LogP) is 3.67. The third kappa shape index (κ3) is 14.3. The number of nitrogens with two attached hydrogens (primary N) is 1. The van der Waals surface area contributed by atoms with Crippen molar-refractivity contribution in [1.29, 1.82) is 0 Å². The summed E-state index contributed by atoms with van der Waals surface area (Å²) < 4.78 is 62.8. The number of hydrogen-bond acceptors (Lipinski definition) is 21. The highest BCUT2D eigenvalue weighted by Gasteiger charge is 2.66. The number of carbonyl (C=O) groups excluding carboxylic acids is 4. The standard InChI is InChI=1S/C49H80N7O20P3S/c1-26(29-9-10-30-36-31(13-15-48(29,30)6)49(7)16-12-28(57)20-47(49,5)21-33(36)59)8-11-32(58)27(2)45(64)80-19-18-51-35(60)14-17-52-43(63)40(62)46(3,4)23-73-79(70,71)76-78(68,69)72-22-34-39(75-77(65,66)67)38(61)44(74-34)56-25-55-37-41(50)53-24-54-42(37)56/h24-31,33-34,36,38-40,44,57,59,61-62H,8-23H2,1-7H3,(H,51,60)(H,52,63)(H,68,69)(H,70,71)(H2,50,53,54)(H2,65,66,67)/t26-,27?,28-,29-,30+,31+,33-,34-,36+,38-,39-,40+,44-,47+,48-,49-/m1/s1. The van der Waals surface area contributed by atoms with E-state index in [0.717, 1.165) is 80.4 Å². The topological polar surface area (TPSA) is 421 Å². The number of aliphatic hydroxyl groups excluding tert-OH is 4. The van der Waals surface area contributed by atoms with E-state index in [1.54, 1.807) is 6.92 Å². The number of fused-ring (bicyclic) bond motifs is 6. The molecule has 452 valence electrons. The number of thioether (sulfide) groups is 1. The number of hydrogen-bond donors (Lipinski definition) is 11. The van der Waals surface area contributed by atoms with Crippen LogP contribution in [-0.4, -0.2) is 151 Å². The average molecular weight is 1210 g/mol. The van der Waals surface area contributed by atoms with Crippen LogP contribution < -0.4 is 16.4 Å². The first-order chi connectivity index (χ1) is 37.1. The van der Waals surface area contributed by atoms with Crippen molar-refractivity contribution in [2.75, 3.05) is 37.8 Å². The number of Topliss-reactive ketones (excluding diaryl/α,β-unsaturated/α-hetero) is 1. The summed E-state index contributed by atoms with van der Waals surface area (Å²) in [5.41, 5.74) is 4.29. The molecule has 2 aromatic rings. The molecule has 5 fully saturated rings. The van der Waals surface area contributed by atoms with Crippen molar-refractivity contribution in [1.82, 2.24) is 30.2 Å². The number of imidazole rings is 1. The summed E-state index contributed by atoms with van der Waals surface area (Å²) in [5.74, 6) is -0.596. The number of nitrogens with zero attached hydrogens (tertiary/aromatic N) is 4. The third-order valence-electron chi connectivity index (χ3n) is 18.5. The van der Waals surface area contributed by atoms with Gasteiger partial charge in [0.25, 0.3) is 0 Å². The van der Waals surface area contributed by atoms with Crippen LogP contribution in [0.4, 0.5) is 5.82 Å². The van der Waals surface area contributed by atoms with Crippen LogP contribution in [0.15, 0.2) is 12.7 Å². The van der Waals surface area contributed by atoms with Crippen molar-refractivity contribution in [3.8, 4) is 0 Å². The maximum absolute atomic E-state index is 13.3. The van der Waals surface area contributed by atoms with Gasteiger partial charge < -0.3 is 61.1 Å². The highest BCUT2D eigenvalue weighted by atomic mass is 32.2. The zero-order chi connectivity index (χ0) is 59.1. The normalized spacial score (nSPS) is 34.2. The first kappa shape index (κ1) is 64.7. The molecule has 7 rings (SSSR count). The fraction of sp³-hybridized carbons (Fsp3) is 0.816. The molecular weight excluding hydrogens is 1130 g/mol. The van der Waals surface area contributed by atoms with Gasteiger partial charge in [0.2, 0.25) is 11.8 Å². The lowest BCUT2D eigenvalue weighted by atomic mass is 9.39. The lowest BCUT2D eigenvalue weighted by Gasteiger charge is -2.66. The summed E-state index contributed by atoms with van der Waals surface area (Å²) in [6, 6.07) is 0. The molecule has 12 N–H and O–H groups in total. The highest BCUT2D eigenvalue weighted by Crippen LogP contribution is 2.71. The van der Waals surface area contributed by atoms with Gasteiger partial charge in [-0.25, -0.2) is 28.6 Å². The molecule has 31 heteroatoms. The number of aromatic nitrogens is 4. The van der Waals surface area contributed by atoms with E-state index < -0.39 is 96.6 Å². The minimum Gasteiger partial charge on any atom is -0.393 e. The van der Waals surface area contributed by atoms with Crippen LogP contribution in [-0.2, 0) is 55.5 Å². The minimum absolute atomic E-state index is 0.0216. The Morgan fingerprint density at radius 3 is 2.31 bits per heavy atom. The summed E-state index contributed by atoms with van der Waals surface area (Å²) >= 11 is 0.940. The van der Waals surface area contributed by atoms with Gasteiger partial charge in [0.05, 0.1) is 37.7 Å². The number of aliphatic hydroxyl groups is 4. The molecule has 27 nitrogen and oxygen atoms in total. The number of rotatable bonds is 25. The van der Waals surface area contributed by atoms with E-state index in [9.17, 15) is 72.9 Å². The molecule has 4 aliphatic carbocycles. The van der Waals surface area contributed by atoms with Gasteiger partial charge in [-0.1, -0.05) is 53.3 Å². The van der Waals surface area contributed by atoms with E-state index in [-0.39, 0.29) is 93.7 Å². The summed E-state index contributed by atoms with van der Waals surface area (Å²) in [6.45, 7) is 11.2. The zero-order valence-electron chi connectivity index (χ0n) is 46.1. The van der Waals surface area contributed by atoms with E-state index in [4.69, 9.17) is 19.5 Å². The molecule has 80 heavy (non-hydrogen) atoms. The number of anilines is 1. The van der Waals surface area contributed by atoms with Crippen molar-refractivity contribution in [3.05, 3.63) is 12.7 Å². The molecule has 0 radical (unpaired) electrons. The van der Waals surface area contributed by atoms with Crippen LogP contribution in [0.1, 0.15) is 125 Å². The van der Waals surface area contributed by atoms with E-state index in [1.165, 1.54) is 13.8 Å². The van der Waals surface area contributed by atoms with Crippen LogP contribution in [0.2, 0.25) is 0 Å². The smallest absolute Gasteiger partial charge is 0.393 e. The van der Waals surface area contributed by atoms with Crippen LogP contribution in [0, 0.1) is 57.2 Å². The van der Waals surface area contributed by atoms with E-state index >= 15 is 0 Å². The number of carbonyl (C=O) groups is 4. The minimum atomic E-state index is -5.61. The molecule has 0 aromatic carbocycles. The monoisotopic (exact) mass is 1210 g/mol. The maximum Gasteiger partial charge on any atom is 0.481 e. The first-order valence-electron chi connectivity index (χ1n) is 27.1. The number of phosphoric ester groups is 3. The summed E-state index contributed by atoms with van der Waals surface area (Å²) in [7, 11) is -16.5. The van der Waals surface area contributed by atoms with Gasteiger partial charge in [0.1, 0.15) is 42.0 Å². The fourth-order valence-corrected chi connectivity index (χ4v) is 17.6. The van der Waals surface area contributed by atoms with Crippen LogP contribution in [0.25, 0.3) is 11.2 Å². The lowest BCUT2D eigenvalue weighted by Crippen LogP contribution is -2.62. The highest BCUT2D eigenvalue weighted by molar-refractivity contribution is 8.13. The molecule has 4 saturated carbocycles. The molecule has 2 aromatic heterocycles. The van der Waals surface area contributed by atoms with Gasteiger partial charge in [0.15, 0.2) is 22.8 Å². The second-order valence-electron chi connectivity index (χ2n) is 24.1. The Balaban J connectivity index is 0.777. The Hall–Kier alpha value is -2.85. The van der Waals surface area contributed by atoms with E-state index in [0.29, 0.717) is 24.2 Å². The zero-order valence-corrected chi connectivity index (χ0v) is 49.6. The number of ether oxygens (including phenoxy) is 1. The average Bonchev–Trinajstić information content (AvgIpc) is 3.33. The van der Waals surface area contributed by atoms with Gasteiger partial charge in [-0.15, -0.1) is 0 Å². The van der Waals surface area contributed by atoms with Crippen molar-refractivity contribution in [2.45, 2.75) is 162 Å². The van der Waals surface area contributed by atoms with Crippen LogP contribution in [0.5, 0.6) is 0 Å². The summed E-state index contributed by atoms with van der Waals surface area (Å²) in [6.07, 6.45) is 0.669. The second-order valence-corrected chi connectivity index (χ2v) is 29.4. The van der Waals surface area contributed by atoms with Gasteiger partial charge in [0, 0.05) is 37.1 Å². The number of ketones is 1. The first-order valence-corrected chi connectivity index (χ1v) is 32.6. The molecule has 0 spiro atoms. The second kappa shape index (κ2) is 25.0. The quantitative estimate of drug-likeness (QED) is 0.0384. The number of nitrogens with one attached hydrogen (secondary N) is 2. The molecule has 3 heterocycles. The summed E-state index contributed by atoms with van der Waals surface area (Å²) in [4.78, 5) is 103. The predicted molar refractivity (Wildman–Crippen MR) is 287 cm³/mol. The molecule has 2 amide bonds. The summed E-state index contributed by atoms with van der Waals surface area (Å²) in [5, 5.41) is 48.8. The van der Waals surface area contributed by atoms with Crippen molar-refractivity contribution >= 4 is 74.9 Å².